The molecule has 6 rings (SSSR count). The molecular weight excluding hydrogens is 811 g/mol. The number of rotatable bonds is 10. The third-order valence-corrected chi connectivity index (χ3v) is 14.9. The summed E-state index contributed by atoms with van der Waals surface area (Å²) in [6.07, 6.45) is -0.917. The minimum Gasteiger partial charge on any atom is -0.449 e. The number of sulfone groups is 1. The number of aliphatic hydroxyl groups is 2. The molecule has 0 spiro atoms. The molecule has 19 heteroatoms. The summed E-state index contributed by atoms with van der Waals surface area (Å²) in [5.41, 5.74) is 1.43. The molecule has 0 aromatic carbocycles. The first kappa shape index (κ1) is 42.7. The Morgan fingerprint density at radius 3 is 2.10 bits per heavy atom. The fourth-order valence-corrected chi connectivity index (χ4v) is 9.75. The van der Waals surface area contributed by atoms with Gasteiger partial charge in [0, 0.05) is 57.5 Å². The van der Waals surface area contributed by atoms with Gasteiger partial charge in [-0.1, -0.05) is 24.0 Å². The molecule has 4 unspecified atom stereocenters. The van der Waals surface area contributed by atoms with Crippen LogP contribution < -0.4 is 0 Å². The van der Waals surface area contributed by atoms with Crippen molar-refractivity contribution in [3.63, 3.8) is 0 Å². The highest BCUT2D eigenvalue weighted by molar-refractivity contribution is 7.92. The Kier molecular flexibility index (Phi) is 12.6. The molecule has 2 saturated heterocycles. The zero-order valence-corrected chi connectivity index (χ0v) is 34.5. The van der Waals surface area contributed by atoms with Crippen LogP contribution in [0.1, 0.15) is 60.5 Å². The van der Waals surface area contributed by atoms with Gasteiger partial charge >= 0.3 is 6.09 Å². The summed E-state index contributed by atoms with van der Waals surface area (Å²) in [6, 6.07) is 3.57. The van der Waals surface area contributed by atoms with E-state index in [1.54, 1.807) is 17.9 Å². The Labute approximate surface area is 343 Å². The molecule has 0 aliphatic carbocycles. The number of likely N-dealkylation sites (tertiary alicyclic amines) is 2. The number of ether oxygens (including phenoxy) is 1. The summed E-state index contributed by atoms with van der Waals surface area (Å²) < 4.78 is 28.0. The molecule has 58 heavy (non-hydrogen) atoms. The van der Waals surface area contributed by atoms with Crippen molar-refractivity contribution in [1.29, 1.82) is 0 Å². The monoisotopic (exact) mass is 851 g/mol. The molecule has 0 saturated carbocycles. The number of fused-ring (bicyclic) bond motifs is 2. The fraction of sp³-hybridized carbons (Fsp3) is 0.487. The van der Waals surface area contributed by atoms with Crippen molar-refractivity contribution in [3.8, 4) is 47.4 Å². The number of hydroxylamine groups is 2. The zero-order valence-electron chi connectivity index (χ0n) is 32.0. The summed E-state index contributed by atoms with van der Waals surface area (Å²) in [6.45, 7) is 3.87. The van der Waals surface area contributed by atoms with Crippen LogP contribution in [0.5, 0.6) is 0 Å². The Bertz CT molecular complexity index is 2380. The third-order valence-electron chi connectivity index (χ3n) is 10.7. The van der Waals surface area contributed by atoms with Crippen LogP contribution >= 0.6 is 22.7 Å². The van der Waals surface area contributed by atoms with Crippen LogP contribution in [0.2, 0.25) is 0 Å². The quantitative estimate of drug-likeness (QED) is 0.149. The predicted molar refractivity (Wildman–Crippen MR) is 209 cm³/mol. The second-order valence-electron chi connectivity index (χ2n) is 14.8. The van der Waals surface area contributed by atoms with E-state index in [-0.39, 0.29) is 82.1 Å². The molecule has 6 heterocycles. The van der Waals surface area contributed by atoms with E-state index in [1.165, 1.54) is 21.1 Å². The van der Waals surface area contributed by atoms with Crippen LogP contribution in [-0.4, -0.2) is 147 Å². The molecular formula is C39H41N5O11S3. The van der Waals surface area contributed by atoms with E-state index in [0.717, 1.165) is 36.6 Å². The molecule has 2 aromatic rings. The Hall–Kier alpha value is -4.93. The minimum absolute atomic E-state index is 0.00160. The van der Waals surface area contributed by atoms with Crippen molar-refractivity contribution >= 4 is 56.3 Å². The molecule has 306 valence electrons. The Morgan fingerprint density at radius 2 is 1.57 bits per heavy atom. The maximum atomic E-state index is 13.7. The molecule has 4 amide bonds. The van der Waals surface area contributed by atoms with Gasteiger partial charge in [0.05, 0.1) is 44.6 Å². The number of thiophene rings is 2. The van der Waals surface area contributed by atoms with Gasteiger partial charge in [0.25, 0.3) is 17.7 Å². The van der Waals surface area contributed by atoms with Crippen LogP contribution in [0.25, 0.3) is 0 Å². The summed E-state index contributed by atoms with van der Waals surface area (Å²) in [5, 5.41) is 36.5. The lowest BCUT2D eigenvalue weighted by Gasteiger charge is -2.48. The smallest absolute Gasteiger partial charge is 0.411 e. The van der Waals surface area contributed by atoms with Crippen molar-refractivity contribution < 1.29 is 53.0 Å². The normalized spacial score (nSPS) is 22.2. The van der Waals surface area contributed by atoms with E-state index in [2.05, 4.69) is 47.4 Å². The average Bonchev–Trinajstić information content (AvgIpc) is 3.90. The van der Waals surface area contributed by atoms with Crippen molar-refractivity contribution in [2.24, 2.45) is 17.8 Å². The lowest BCUT2D eigenvalue weighted by atomic mass is 9.90. The highest BCUT2D eigenvalue weighted by Crippen LogP contribution is 2.38. The standard InChI is InChI=1S/C39H41N5O11S3/c1-24(21-45)23-55-38(50)43-19-26(34(43)42-20-28-16-30(57-33(28)36(42)48)11-7-5-9-25-17-40(3)31(25)22-46)10-6-8-12-29-15-27-18-41(35(47)32(27)56-29)14-13-39(2,58(4,53)54)37(49)44(51)52/h15-16,24-26,31,34,45-46,51-52H,13-14,17-23H2,1-4H3/t24?,25-,26?,31+,34?,39?/m1/s1. The van der Waals surface area contributed by atoms with Crippen LogP contribution in [0, 0.1) is 65.1 Å². The van der Waals surface area contributed by atoms with Gasteiger partial charge in [0.15, 0.2) is 14.6 Å². The molecule has 6 atom stereocenters. The number of carbonyl (C=O) groups excluding carboxylic acids is 4. The van der Waals surface area contributed by atoms with Gasteiger partial charge in [0.1, 0.15) is 6.17 Å². The van der Waals surface area contributed by atoms with Crippen LogP contribution in [0.3, 0.4) is 0 Å². The van der Waals surface area contributed by atoms with Crippen LogP contribution in [-0.2, 0) is 32.5 Å². The first-order valence-electron chi connectivity index (χ1n) is 18.1. The largest absolute Gasteiger partial charge is 0.449 e. The minimum atomic E-state index is -4.09. The topological polar surface area (TPSA) is 209 Å². The highest BCUT2D eigenvalue weighted by atomic mass is 32.2. The van der Waals surface area contributed by atoms with Crippen LogP contribution in [0.4, 0.5) is 4.79 Å². The fourth-order valence-electron chi connectivity index (χ4n) is 6.91. The van der Waals surface area contributed by atoms with Crippen molar-refractivity contribution in [2.45, 2.75) is 50.3 Å². The molecule has 4 aliphatic rings. The van der Waals surface area contributed by atoms with Gasteiger partial charge in [-0.25, -0.2) is 13.2 Å². The highest BCUT2D eigenvalue weighted by Gasteiger charge is 2.50. The summed E-state index contributed by atoms with van der Waals surface area (Å²) in [4.78, 5) is 60.8. The Balaban J connectivity index is 1.11. The number of nitrogens with zero attached hydrogens (tertiary/aromatic N) is 5. The third kappa shape index (κ3) is 8.45. The van der Waals surface area contributed by atoms with E-state index in [4.69, 9.17) is 4.74 Å². The predicted octanol–water partition coefficient (Wildman–Crippen LogP) is 0.877. The number of hydrogen-bond donors (Lipinski definition) is 4. The number of amides is 4. The van der Waals surface area contributed by atoms with Gasteiger partial charge in [0.2, 0.25) is 0 Å². The first-order valence-corrected chi connectivity index (χ1v) is 21.7. The van der Waals surface area contributed by atoms with Gasteiger partial charge in [-0.3, -0.25) is 34.6 Å². The maximum Gasteiger partial charge on any atom is 0.411 e. The Morgan fingerprint density at radius 1 is 0.966 bits per heavy atom. The van der Waals surface area contributed by atoms with Gasteiger partial charge < -0.3 is 24.7 Å². The molecule has 4 N–H and O–H groups in total. The van der Waals surface area contributed by atoms with E-state index >= 15 is 0 Å². The molecule has 0 radical (unpaired) electrons. The van der Waals surface area contributed by atoms with Crippen LogP contribution in [0.15, 0.2) is 12.1 Å². The molecule has 2 fully saturated rings. The van der Waals surface area contributed by atoms with E-state index in [9.17, 15) is 48.2 Å². The van der Waals surface area contributed by atoms with Crippen molar-refractivity contribution in [3.05, 3.63) is 42.8 Å². The van der Waals surface area contributed by atoms with Crippen molar-refractivity contribution in [2.75, 3.05) is 52.8 Å². The summed E-state index contributed by atoms with van der Waals surface area (Å²) in [5.74, 6) is 20.7. The first-order chi connectivity index (χ1) is 27.5. The number of likely N-dealkylation sites (N-methyl/N-ethyl adjacent to an activating group) is 1. The summed E-state index contributed by atoms with van der Waals surface area (Å²) >= 11 is 2.38. The van der Waals surface area contributed by atoms with E-state index in [1.807, 2.05) is 18.0 Å². The second-order valence-corrected chi connectivity index (χ2v) is 19.4. The van der Waals surface area contributed by atoms with Gasteiger partial charge in [-0.15, -0.1) is 22.7 Å². The summed E-state index contributed by atoms with van der Waals surface area (Å²) in [7, 11) is -2.16. The maximum absolute atomic E-state index is 13.7. The molecule has 16 nitrogen and oxygen atoms in total. The zero-order chi connectivity index (χ0) is 42.1. The SMILES string of the molecule is CC(CO)COC(=O)N1CC(C#CC#Cc2cc3c(s2)C(=O)N(CCC(C)(C(=O)N(O)O)S(C)(=O)=O)C3)C1N1Cc2cc(C#CC#C[C@@H]3CN(C)[C@H]3CO)sc2C1=O. The lowest BCUT2D eigenvalue weighted by Crippen LogP contribution is -2.65. The molecule has 0 bridgehead atoms. The van der Waals surface area contributed by atoms with Crippen molar-refractivity contribution in [1.82, 2.24) is 24.8 Å². The lowest BCUT2D eigenvalue weighted by molar-refractivity contribution is -0.287. The average molecular weight is 852 g/mol. The van der Waals surface area contributed by atoms with E-state index < -0.39 is 43.9 Å². The second kappa shape index (κ2) is 17.1. The van der Waals surface area contributed by atoms with Gasteiger partial charge in [-0.2, -0.15) is 0 Å². The molecule has 4 aliphatic heterocycles. The number of hydrogen-bond acceptors (Lipinski definition) is 14. The number of aliphatic hydroxyl groups excluding tert-OH is 2. The molecule has 2 aromatic heterocycles. The van der Waals surface area contributed by atoms with E-state index in [0.29, 0.717) is 25.1 Å². The van der Waals surface area contributed by atoms with Gasteiger partial charge in [-0.05, 0) is 79.2 Å². The number of carbonyl (C=O) groups is 4.